The number of hydrogen-bond acceptors (Lipinski definition) is 4. The number of halogens is 1. The Bertz CT molecular complexity index is 677. The summed E-state index contributed by atoms with van der Waals surface area (Å²) in [4.78, 5) is 0.159. The summed E-state index contributed by atoms with van der Waals surface area (Å²) in [5.74, 6) is 0.727. The molecular formula is C15H15FN2O2S. The average Bonchev–Trinajstić information content (AvgIpc) is 2.48. The number of ether oxygens (including phenoxy) is 2. The van der Waals surface area contributed by atoms with Gasteiger partial charge in [-0.05, 0) is 30.3 Å². The molecule has 21 heavy (non-hydrogen) atoms. The molecule has 0 saturated heterocycles. The lowest BCUT2D eigenvalue weighted by molar-refractivity contribution is 0.355. The van der Waals surface area contributed by atoms with Crippen molar-refractivity contribution in [2.45, 2.75) is 0 Å². The van der Waals surface area contributed by atoms with Crippen LogP contribution in [0.4, 0.5) is 15.8 Å². The van der Waals surface area contributed by atoms with E-state index >= 15 is 0 Å². The van der Waals surface area contributed by atoms with Gasteiger partial charge >= 0.3 is 0 Å². The normalized spacial score (nSPS) is 10.0. The van der Waals surface area contributed by atoms with Gasteiger partial charge in [0.2, 0.25) is 0 Å². The molecule has 3 N–H and O–H groups in total. The summed E-state index contributed by atoms with van der Waals surface area (Å²) in [5.41, 5.74) is 6.95. The van der Waals surface area contributed by atoms with Gasteiger partial charge in [0.05, 0.1) is 19.9 Å². The molecule has 0 aliphatic heterocycles. The molecule has 0 saturated carbocycles. The van der Waals surface area contributed by atoms with E-state index in [4.69, 9.17) is 27.4 Å². The largest absolute Gasteiger partial charge is 0.493 e. The molecule has 2 rings (SSSR count). The van der Waals surface area contributed by atoms with Gasteiger partial charge in [-0.3, -0.25) is 0 Å². The van der Waals surface area contributed by atoms with Crippen molar-refractivity contribution in [2.75, 3.05) is 19.5 Å². The van der Waals surface area contributed by atoms with Crippen molar-refractivity contribution in [3.63, 3.8) is 0 Å². The van der Waals surface area contributed by atoms with Gasteiger partial charge in [-0.25, -0.2) is 4.39 Å². The van der Waals surface area contributed by atoms with E-state index in [0.29, 0.717) is 28.4 Å². The Morgan fingerprint density at radius 1 is 1.10 bits per heavy atom. The molecule has 2 aromatic carbocycles. The van der Waals surface area contributed by atoms with Crippen LogP contribution in [0.15, 0.2) is 36.4 Å². The first-order chi connectivity index (χ1) is 10.0. The molecule has 0 aliphatic rings. The number of benzene rings is 2. The molecular weight excluding hydrogens is 291 g/mol. The predicted molar refractivity (Wildman–Crippen MR) is 85.1 cm³/mol. The molecule has 6 heteroatoms. The van der Waals surface area contributed by atoms with E-state index in [-0.39, 0.29) is 4.99 Å². The van der Waals surface area contributed by atoms with Crippen LogP contribution in [0.3, 0.4) is 0 Å². The molecule has 0 unspecified atom stereocenters. The lowest BCUT2D eigenvalue weighted by Gasteiger charge is -2.12. The topological polar surface area (TPSA) is 56.5 Å². The van der Waals surface area contributed by atoms with Crippen molar-refractivity contribution in [1.82, 2.24) is 0 Å². The highest BCUT2D eigenvalue weighted by atomic mass is 32.1. The second-order valence-corrected chi connectivity index (χ2v) is 4.69. The van der Waals surface area contributed by atoms with Gasteiger partial charge in [0, 0.05) is 17.3 Å². The number of rotatable bonds is 5. The van der Waals surface area contributed by atoms with Crippen molar-refractivity contribution in [2.24, 2.45) is 5.73 Å². The number of anilines is 2. The molecule has 0 bridgehead atoms. The van der Waals surface area contributed by atoms with E-state index in [2.05, 4.69) is 5.32 Å². The minimum absolute atomic E-state index is 0.159. The maximum absolute atomic E-state index is 14.0. The Labute approximate surface area is 127 Å². The van der Waals surface area contributed by atoms with Gasteiger partial charge in [-0.1, -0.05) is 12.2 Å². The van der Waals surface area contributed by atoms with Gasteiger partial charge in [0.25, 0.3) is 0 Å². The lowest BCUT2D eigenvalue weighted by Crippen LogP contribution is -2.09. The molecule has 0 spiro atoms. The minimum Gasteiger partial charge on any atom is -0.493 e. The SMILES string of the molecule is COc1ccc(Nc2ccc(C(N)=S)cc2F)cc1OC. The van der Waals surface area contributed by atoms with Crippen molar-refractivity contribution in [3.8, 4) is 11.5 Å². The minimum atomic E-state index is -0.435. The first-order valence-electron chi connectivity index (χ1n) is 6.13. The van der Waals surface area contributed by atoms with E-state index in [9.17, 15) is 4.39 Å². The van der Waals surface area contributed by atoms with Crippen LogP contribution >= 0.6 is 12.2 Å². The van der Waals surface area contributed by atoms with Gasteiger partial charge < -0.3 is 20.5 Å². The Morgan fingerprint density at radius 2 is 1.81 bits per heavy atom. The summed E-state index contributed by atoms with van der Waals surface area (Å²) in [6.07, 6.45) is 0. The highest BCUT2D eigenvalue weighted by Gasteiger charge is 2.08. The van der Waals surface area contributed by atoms with Crippen LogP contribution in [-0.4, -0.2) is 19.2 Å². The highest BCUT2D eigenvalue weighted by Crippen LogP contribution is 2.31. The van der Waals surface area contributed by atoms with Crippen LogP contribution in [-0.2, 0) is 0 Å². The Morgan fingerprint density at radius 3 is 2.38 bits per heavy atom. The van der Waals surface area contributed by atoms with Gasteiger partial charge in [-0.15, -0.1) is 0 Å². The molecule has 0 amide bonds. The fourth-order valence-corrected chi connectivity index (χ4v) is 1.97. The monoisotopic (exact) mass is 306 g/mol. The van der Waals surface area contributed by atoms with Crippen molar-refractivity contribution >= 4 is 28.6 Å². The maximum Gasteiger partial charge on any atom is 0.162 e. The molecule has 0 aliphatic carbocycles. The van der Waals surface area contributed by atoms with E-state index in [0.717, 1.165) is 0 Å². The van der Waals surface area contributed by atoms with Crippen LogP contribution in [0, 0.1) is 5.82 Å². The zero-order valence-corrected chi connectivity index (χ0v) is 12.5. The van der Waals surface area contributed by atoms with Crippen molar-refractivity contribution in [1.29, 1.82) is 0 Å². The van der Waals surface area contributed by atoms with E-state index < -0.39 is 5.82 Å². The van der Waals surface area contributed by atoms with Crippen LogP contribution in [0.2, 0.25) is 0 Å². The number of nitrogens with two attached hydrogens (primary N) is 1. The number of thiocarbonyl (C=S) groups is 1. The zero-order valence-electron chi connectivity index (χ0n) is 11.6. The third-order valence-electron chi connectivity index (χ3n) is 2.92. The van der Waals surface area contributed by atoms with E-state index in [1.165, 1.54) is 6.07 Å². The first-order valence-corrected chi connectivity index (χ1v) is 6.54. The maximum atomic E-state index is 14.0. The lowest BCUT2D eigenvalue weighted by atomic mass is 10.2. The highest BCUT2D eigenvalue weighted by molar-refractivity contribution is 7.80. The molecule has 0 fully saturated rings. The molecule has 0 radical (unpaired) electrons. The van der Waals surface area contributed by atoms with Crippen molar-refractivity contribution < 1.29 is 13.9 Å². The summed E-state index contributed by atoms with van der Waals surface area (Å²) in [6.45, 7) is 0. The number of methoxy groups -OCH3 is 2. The van der Waals surface area contributed by atoms with Crippen LogP contribution in [0.5, 0.6) is 11.5 Å². The first kappa shape index (κ1) is 15.1. The fourth-order valence-electron chi connectivity index (χ4n) is 1.84. The van der Waals surface area contributed by atoms with Gasteiger partial charge in [0.1, 0.15) is 10.8 Å². The van der Waals surface area contributed by atoms with Gasteiger partial charge in [-0.2, -0.15) is 0 Å². The third-order valence-corrected chi connectivity index (χ3v) is 3.15. The second kappa shape index (κ2) is 6.41. The molecule has 2 aromatic rings. The quantitative estimate of drug-likeness (QED) is 0.831. The standard InChI is InChI=1S/C15H15FN2O2S/c1-19-13-6-4-10(8-14(13)20-2)18-12-5-3-9(15(17)21)7-11(12)16/h3-8,18H,1-2H3,(H2,17,21). The summed E-state index contributed by atoms with van der Waals surface area (Å²) in [7, 11) is 3.10. The summed E-state index contributed by atoms with van der Waals surface area (Å²) < 4.78 is 24.3. The smallest absolute Gasteiger partial charge is 0.162 e. The number of nitrogens with one attached hydrogen (secondary N) is 1. The van der Waals surface area contributed by atoms with E-state index in [1.54, 1.807) is 44.6 Å². The molecule has 110 valence electrons. The van der Waals surface area contributed by atoms with E-state index in [1.807, 2.05) is 0 Å². The molecule has 0 heterocycles. The van der Waals surface area contributed by atoms with Crippen molar-refractivity contribution in [3.05, 3.63) is 47.8 Å². The molecule has 0 aromatic heterocycles. The van der Waals surface area contributed by atoms with Gasteiger partial charge in [0.15, 0.2) is 11.5 Å². The summed E-state index contributed by atoms with van der Waals surface area (Å²) in [6, 6.07) is 9.77. The third kappa shape index (κ3) is 3.41. The Hall–Kier alpha value is -2.34. The fraction of sp³-hybridized carbons (Fsp3) is 0.133. The second-order valence-electron chi connectivity index (χ2n) is 4.25. The zero-order chi connectivity index (χ0) is 15.4. The number of hydrogen-bond donors (Lipinski definition) is 2. The molecule has 0 atom stereocenters. The predicted octanol–water partition coefficient (Wildman–Crippen LogP) is 3.22. The van der Waals surface area contributed by atoms with Crippen LogP contribution in [0.25, 0.3) is 0 Å². The summed E-state index contributed by atoms with van der Waals surface area (Å²) in [5, 5.41) is 2.97. The van der Waals surface area contributed by atoms with Crippen LogP contribution in [0.1, 0.15) is 5.56 Å². The average molecular weight is 306 g/mol. The van der Waals surface area contributed by atoms with Crippen LogP contribution < -0.4 is 20.5 Å². The Balaban J connectivity index is 2.28. The Kier molecular flexibility index (Phi) is 4.59. The molecule has 4 nitrogen and oxygen atoms in total. The summed E-state index contributed by atoms with van der Waals surface area (Å²) >= 11 is 4.82.